The van der Waals surface area contributed by atoms with Gasteiger partial charge in [0.15, 0.2) is 29.2 Å². The Labute approximate surface area is 237 Å². The van der Waals surface area contributed by atoms with Gasteiger partial charge in [-0.15, -0.1) is 0 Å². The predicted molar refractivity (Wildman–Crippen MR) is 146 cm³/mol. The third-order valence-corrected chi connectivity index (χ3v) is 8.65. The number of benzene rings is 1. The summed E-state index contributed by atoms with van der Waals surface area (Å²) in [4.78, 5) is 39.3. The molecule has 41 heavy (non-hydrogen) atoms. The summed E-state index contributed by atoms with van der Waals surface area (Å²) in [6, 6.07) is 6.78. The zero-order chi connectivity index (χ0) is 29.9. The van der Waals surface area contributed by atoms with Gasteiger partial charge in [0.1, 0.15) is 11.6 Å². The second-order valence-corrected chi connectivity index (χ2v) is 11.8. The van der Waals surface area contributed by atoms with Crippen LogP contribution in [0.3, 0.4) is 0 Å². The molecule has 2 N–H and O–H groups in total. The second kappa shape index (κ2) is 12.1. The van der Waals surface area contributed by atoms with Crippen LogP contribution in [0.15, 0.2) is 52.0 Å². The van der Waals surface area contributed by atoms with Gasteiger partial charge in [0.05, 0.1) is 26.8 Å². The van der Waals surface area contributed by atoms with Crippen molar-refractivity contribution in [3.8, 4) is 11.5 Å². The number of rotatable bonds is 9. The highest BCUT2D eigenvalue weighted by Gasteiger charge is 2.37. The highest BCUT2D eigenvalue weighted by molar-refractivity contribution is 7.89. The molecule has 1 saturated heterocycles. The van der Waals surface area contributed by atoms with Crippen molar-refractivity contribution in [1.29, 1.82) is 0 Å². The van der Waals surface area contributed by atoms with Gasteiger partial charge >= 0.3 is 15.0 Å². The summed E-state index contributed by atoms with van der Waals surface area (Å²) in [6.45, 7) is 2.97. The molecule has 0 spiro atoms. The summed E-state index contributed by atoms with van der Waals surface area (Å²) >= 11 is 0. The average Bonchev–Trinajstić information content (AvgIpc) is 3.27. The van der Waals surface area contributed by atoms with Crippen molar-refractivity contribution in [3.05, 3.63) is 53.6 Å². The zero-order valence-electron chi connectivity index (χ0n) is 23.1. The van der Waals surface area contributed by atoms with Crippen LogP contribution in [0.4, 0.5) is 0 Å². The molecule has 0 bridgehead atoms. The highest BCUT2D eigenvalue weighted by atomic mass is 32.2. The van der Waals surface area contributed by atoms with E-state index in [0.717, 1.165) is 10.5 Å². The number of hydrogen-bond donors (Lipinski definition) is 2. The van der Waals surface area contributed by atoms with Crippen molar-refractivity contribution in [1.82, 2.24) is 14.9 Å². The summed E-state index contributed by atoms with van der Waals surface area (Å²) in [6.07, 6.45) is 1.52. The van der Waals surface area contributed by atoms with Gasteiger partial charge in [-0.05, 0) is 37.0 Å². The van der Waals surface area contributed by atoms with Gasteiger partial charge in [-0.3, -0.25) is 14.4 Å². The van der Waals surface area contributed by atoms with Gasteiger partial charge in [0.25, 0.3) is 5.91 Å². The third kappa shape index (κ3) is 6.28. The Balaban J connectivity index is 1.45. The van der Waals surface area contributed by atoms with E-state index in [0.29, 0.717) is 22.5 Å². The molecule has 3 aromatic rings. The van der Waals surface area contributed by atoms with Crippen molar-refractivity contribution in [2.24, 2.45) is 5.92 Å². The minimum Gasteiger partial charge on any atom is -0.618 e. The number of pyridine rings is 1. The number of carbonyl (C=O) groups excluding carboxylic acids is 3. The van der Waals surface area contributed by atoms with Crippen LogP contribution in [0.1, 0.15) is 37.2 Å². The lowest BCUT2D eigenvalue weighted by atomic mass is 10.0. The zero-order valence-corrected chi connectivity index (χ0v) is 23.9. The molecule has 3 heterocycles. The van der Waals surface area contributed by atoms with E-state index in [1.807, 2.05) is 0 Å². The van der Waals surface area contributed by atoms with Crippen molar-refractivity contribution in [2.75, 3.05) is 27.3 Å². The fourth-order valence-corrected chi connectivity index (χ4v) is 6.06. The largest absolute Gasteiger partial charge is 0.618 e. The molecule has 2 unspecified atom stereocenters. The summed E-state index contributed by atoms with van der Waals surface area (Å²) in [5.74, 6) is -1.25. The lowest BCUT2D eigenvalue weighted by molar-refractivity contribution is -0.646. The van der Waals surface area contributed by atoms with Crippen molar-refractivity contribution < 1.29 is 41.4 Å². The predicted octanol–water partition coefficient (Wildman–Crippen LogP) is 1.38. The number of furan rings is 1. The van der Waals surface area contributed by atoms with Gasteiger partial charge in [-0.1, -0.05) is 13.8 Å². The normalized spacial score (nSPS) is 17.2. The van der Waals surface area contributed by atoms with Crippen molar-refractivity contribution in [2.45, 2.75) is 43.8 Å². The first-order valence-electron chi connectivity index (χ1n) is 12.9. The van der Waals surface area contributed by atoms with E-state index < -0.39 is 51.3 Å². The molecule has 2 amide bonds. The van der Waals surface area contributed by atoms with E-state index in [4.69, 9.17) is 13.9 Å². The first-order valence-corrected chi connectivity index (χ1v) is 14.4. The molecule has 0 aliphatic carbocycles. The number of ketones is 1. The first kappa shape index (κ1) is 29.8. The number of methoxy groups -OCH3 is 2. The number of sulfonamides is 1. The van der Waals surface area contributed by atoms with Crippen LogP contribution in [0, 0.1) is 11.1 Å². The lowest BCUT2D eigenvalue weighted by Gasteiger charge is -2.24. The maximum atomic E-state index is 13.2. The fourth-order valence-electron chi connectivity index (χ4n) is 4.59. The average molecular weight is 589 g/mol. The monoisotopic (exact) mass is 588 g/mol. The van der Waals surface area contributed by atoms with Gasteiger partial charge in [0, 0.05) is 30.1 Å². The van der Waals surface area contributed by atoms with Gasteiger partial charge in [-0.2, -0.15) is 9.04 Å². The molecule has 1 aliphatic heterocycles. The number of amides is 2. The highest BCUT2D eigenvalue weighted by Crippen LogP contribution is 2.33. The number of Topliss-reactive ketones (excluding diaryl/α,β-unsaturated/α-hetero) is 1. The maximum absolute atomic E-state index is 13.2. The van der Waals surface area contributed by atoms with Crippen LogP contribution in [0.5, 0.6) is 11.5 Å². The Morgan fingerprint density at radius 3 is 2.51 bits per heavy atom. The molecule has 2 atom stereocenters. The van der Waals surface area contributed by atoms with Crippen LogP contribution in [0.2, 0.25) is 0 Å². The van der Waals surface area contributed by atoms with E-state index in [1.165, 1.54) is 38.5 Å². The molecule has 1 aliphatic rings. The Bertz CT molecular complexity index is 1530. The number of nitrogens with one attached hydrogen (secondary N) is 2. The second-order valence-electron chi connectivity index (χ2n) is 9.92. The Kier molecular flexibility index (Phi) is 8.83. The molecule has 0 saturated carbocycles. The molecule has 0 radical (unpaired) electrons. The number of aromatic nitrogens is 1. The molecule has 220 valence electrons. The van der Waals surface area contributed by atoms with E-state index >= 15 is 0 Å². The number of nitrogens with zero attached hydrogens (tertiary/aromatic N) is 2. The number of fused-ring (bicyclic) bond motifs is 1. The minimum atomic E-state index is -4.23. The van der Waals surface area contributed by atoms with E-state index in [-0.39, 0.29) is 35.8 Å². The van der Waals surface area contributed by atoms with Crippen LogP contribution < -0.4 is 24.8 Å². The van der Waals surface area contributed by atoms with Crippen molar-refractivity contribution >= 4 is 38.6 Å². The molecule has 13 nitrogen and oxygen atoms in total. The SMILES string of the molecule is COc1cc2cc(C(=O)NC(C(=O)NC3CCCN(S(=O)(=O)c4cccc[n+]4[O-])CC3=O)C(C)C)oc2cc1OC. The quantitative estimate of drug-likeness (QED) is 0.277. The molecular weight excluding hydrogens is 556 g/mol. The maximum Gasteiger partial charge on any atom is 0.323 e. The summed E-state index contributed by atoms with van der Waals surface area (Å²) < 4.78 is 43.5. The molecule has 4 rings (SSSR count). The summed E-state index contributed by atoms with van der Waals surface area (Å²) in [5.41, 5.74) is 0.389. The standard InChI is InChI=1S/C27H32N4O9S/c1-16(2)25(29-26(33)23-13-17-12-21(38-3)22(39-4)14-20(17)40-23)27(34)28-18-8-7-10-30(15-19(18)32)41(36,37)24-9-5-6-11-31(24)35/h5-6,9,11-14,16,18,25H,7-8,10,15H2,1-4H3,(H,28,34)(H,29,33). The molecular formula is C27H32N4O9S. The van der Waals surface area contributed by atoms with Gasteiger partial charge in [-0.25, -0.2) is 8.42 Å². The van der Waals surface area contributed by atoms with Crippen LogP contribution in [0.25, 0.3) is 11.0 Å². The molecule has 1 fully saturated rings. The number of carbonyl (C=O) groups is 3. The lowest BCUT2D eigenvalue weighted by Crippen LogP contribution is -2.54. The van der Waals surface area contributed by atoms with E-state index in [9.17, 15) is 28.0 Å². The molecule has 14 heteroatoms. The van der Waals surface area contributed by atoms with E-state index in [2.05, 4.69) is 10.6 Å². The minimum absolute atomic E-state index is 0.00130. The van der Waals surface area contributed by atoms with Crippen LogP contribution in [-0.4, -0.2) is 69.7 Å². The smallest absolute Gasteiger partial charge is 0.323 e. The number of ether oxygens (including phenoxy) is 2. The van der Waals surface area contributed by atoms with Crippen LogP contribution in [-0.2, 0) is 19.6 Å². The van der Waals surface area contributed by atoms with Crippen molar-refractivity contribution in [3.63, 3.8) is 0 Å². The Morgan fingerprint density at radius 1 is 1.15 bits per heavy atom. The first-order chi connectivity index (χ1) is 19.5. The number of hydrogen-bond acceptors (Lipinski definition) is 9. The Morgan fingerprint density at radius 2 is 1.85 bits per heavy atom. The topological polar surface area (TPSA) is 171 Å². The van der Waals surface area contributed by atoms with Crippen LogP contribution >= 0.6 is 0 Å². The third-order valence-electron chi connectivity index (χ3n) is 6.81. The fraction of sp³-hybridized carbons (Fsp3) is 0.407. The van der Waals surface area contributed by atoms with Gasteiger partial charge < -0.3 is 29.7 Å². The molecule has 2 aromatic heterocycles. The summed E-state index contributed by atoms with van der Waals surface area (Å²) in [7, 11) is -1.26. The molecule has 1 aromatic carbocycles. The Hall–Kier alpha value is -4.17. The van der Waals surface area contributed by atoms with Gasteiger partial charge in [0.2, 0.25) is 5.91 Å². The van der Waals surface area contributed by atoms with E-state index in [1.54, 1.807) is 26.0 Å². The summed E-state index contributed by atoms with van der Waals surface area (Å²) in [5, 5.41) is 17.5.